The van der Waals surface area contributed by atoms with E-state index in [9.17, 15) is 13.6 Å². The Kier molecular flexibility index (Phi) is 3.49. The Hall–Kier alpha value is -1.06. The molecule has 1 rings (SSSR count). The van der Waals surface area contributed by atoms with Crippen LogP contribution in [-0.4, -0.2) is 12.1 Å². The van der Waals surface area contributed by atoms with E-state index in [1.165, 1.54) is 12.1 Å². The molecule has 1 aromatic rings. The normalized spacial score (nSPS) is 10.8. The number of nitrogens with zero attached hydrogens (tertiary/aromatic N) is 1. The minimum atomic E-state index is -3.37. The van der Waals surface area contributed by atoms with Crippen molar-refractivity contribution in [3.05, 3.63) is 34.3 Å². The molecule has 0 saturated carbocycles. The van der Waals surface area contributed by atoms with E-state index >= 15 is 0 Å². The summed E-state index contributed by atoms with van der Waals surface area (Å²) in [6, 6.07) is 3.01. The highest BCUT2D eigenvalue weighted by Crippen LogP contribution is 2.21. The van der Waals surface area contributed by atoms with Crippen LogP contribution in [0.4, 0.5) is 8.78 Å². The van der Waals surface area contributed by atoms with Crippen LogP contribution in [0.15, 0.2) is 33.7 Å². The zero-order valence-corrected chi connectivity index (χ0v) is 8.59. The standard InChI is InChI=1S/C9H6BrF2NO/c10-8-3-1-7(2-4-8)5-9(11,12)13-6-14/h1-4H,5H2. The van der Waals surface area contributed by atoms with Crippen LogP contribution in [-0.2, 0) is 11.2 Å². The molecule has 0 fully saturated rings. The van der Waals surface area contributed by atoms with E-state index in [-0.39, 0.29) is 0 Å². The number of alkyl halides is 2. The highest BCUT2D eigenvalue weighted by molar-refractivity contribution is 9.10. The van der Waals surface area contributed by atoms with Gasteiger partial charge in [-0.2, -0.15) is 8.78 Å². The first kappa shape index (κ1) is 11.0. The molecule has 74 valence electrons. The molecule has 0 bridgehead atoms. The number of isocyanates is 1. The summed E-state index contributed by atoms with van der Waals surface area (Å²) in [5.41, 5.74) is 0.414. The van der Waals surface area contributed by atoms with Crippen LogP contribution in [0.2, 0.25) is 0 Å². The third kappa shape index (κ3) is 3.36. The third-order valence-corrected chi connectivity index (χ3v) is 2.07. The molecule has 0 aliphatic heterocycles. The molecule has 0 N–H and O–H groups in total. The number of hydrogen-bond donors (Lipinski definition) is 0. The molecule has 0 spiro atoms. The first-order valence-electron chi connectivity index (χ1n) is 3.75. The number of hydrogen-bond acceptors (Lipinski definition) is 2. The summed E-state index contributed by atoms with van der Waals surface area (Å²) in [7, 11) is 0. The van der Waals surface area contributed by atoms with E-state index in [0.717, 1.165) is 10.6 Å². The van der Waals surface area contributed by atoms with Gasteiger partial charge in [0, 0.05) is 4.47 Å². The molecule has 0 aromatic heterocycles. The molecule has 0 aliphatic rings. The second-order valence-corrected chi connectivity index (χ2v) is 3.59. The summed E-state index contributed by atoms with van der Waals surface area (Å²) in [6.07, 6.45) is 0.268. The summed E-state index contributed by atoms with van der Waals surface area (Å²) < 4.78 is 26.3. The number of rotatable bonds is 3. The van der Waals surface area contributed by atoms with E-state index in [0.29, 0.717) is 5.56 Å². The van der Waals surface area contributed by atoms with Crippen molar-refractivity contribution >= 4 is 22.0 Å². The zero-order chi connectivity index (χ0) is 10.6. The average Bonchev–Trinajstić information content (AvgIpc) is 2.08. The largest absolute Gasteiger partial charge is 0.355 e. The maximum atomic E-state index is 12.8. The minimum absolute atomic E-state index is 0.414. The summed E-state index contributed by atoms with van der Waals surface area (Å²) in [4.78, 5) is 12.1. The van der Waals surface area contributed by atoms with Crippen molar-refractivity contribution in [1.82, 2.24) is 0 Å². The van der Waals surface area contributed by atoms with Crippen molar-refractivity contribution < 1.29 is 13.6 Å². The van der Waals surface area contributed by atoms with Gasteiger partial charge < -0.3 is 0 Å². The van der Waals surface area contributed by atoms with Gasteiger partial charge in [0.2, 0.25) is 6.08 Å². The van der Waals surface area contributed by atoms with Crippen LogP contribution >= 0.6 is 15.9 Å². The van der Waals surface area contributed by atoms with Gasteiger partial charge >= 0.3 is 6.05 Å². The van der Waals surface area contributed by atoms with E-state index in [4.69, 9.17) is 0 Å². The maximum Gasteiger partial charge on any atom is 0.355 e. The van der Waals surface area contributed by atoms with Crippen molar-refractivity contribution in [2.75, 3.05) is 0 Å². The third-order valence-electron chi connectivity index (χ3n) is 1.54. The number of halogens is 3. The van der Waals surface area contributed by atoms with Gasteiger partial charge in [-0.15, -0.1) is 4.99 Å². The minimum Gasteiger partial charge on any atom is -0.211 e. The molecular weight excluding hydrogens is 256 g/mol. The van der Waals surface area contributed by atoms with Gasteiger partial charge in [0.05, 0.1) is 6.42 Å². The first-order chi connectivity index (χ1) is 6.53. The Balaban J connectivity index is 2.78. The van der Waals surface area contributed by atoms with Crippen molar-refractivity contribution in [2.45, 2.75) is 12.5 Å². The second-order valence-electron chi connectivity index (χ2n) is 2.67. The molecule has 0 heterocycles. The maximum absolute atomic E-state index is 12.8. The second kappa shape index (κ2) is 4.44. The summed E-state index contributed by atoms with van der Waals surface area (Å²) >= 11 is 3.18. The zero-order valence-electron chi connectivity index (χ0n) is 7.01. The summed E-state index contributed by atoms with van der Waals surface area (Å²) in [5, 5.41) is 0. The van der Waals surface area contributed by atoms with E-state index in [1.54, 1.807) is 12.1 Å². The smallest absolute Gasteiger partial charge is 0.211 e. The molecule has 0 saturated heterocycles. The van der Waals surface area contributed by atoms with Crippen LogP contribution in [0, 0.1) is 0 Å². The molecule has 2 nitrogen and oxygen atoms in total. The average molecular weight is 262 g/mol. The van der Waals surface area contributed by atoms with Crippen molar-refractivity contribution in [3.8, 4) is 0 Å². The summed E-state index contributed by atoms with van der Waals surface area (Å²) in [5.74, 6) is 0. The topological polar surface area (TPSA) is 29.4 Å². The predicted octanol–water partition coefficient (Wildman–Crippen LogP) is 2.92. The van der Waals surface area contributed by atoms with Gasteiger partial charge in [0.1, 0.15) is 0 Å². The van der Waals surface area contributed by atoms with Crippen LogP contribution in [0.25, 0.3) is 0 Å². The fourth-order valence-electron chi connectivity index (χ4n) is 0.954. The van der Waals surface area contributed by atoms with Crippen LogP contribution < -0.4 is 0 Å². The predicted molar refractivity (Wildman–Crippen MR) is 50.9 cm³/mol. The Bertz CT molecular complexity index is 358. The fraction of sp³-hybridized carbons (Fsp3) is 0.222. The molecule has 14 heavy (non-hydrogen) atoms. The number of aliphatic imine (C=N–C) groups is 1. The van der Waals surface area contributed by atoms with Gasteiger partial charge in [-0.3, -0.25) is 0 Å². The number of carbonyl (C=O) groups excluding carboxylic acids is 1. The lowest BCUT2D eigenvalue weighted by molar-refractivity contribution is 0.0118. The van der Waals surface area contributed by atoms with Crippen LogP contribution in [0.3, 0.4) is 0 Å². The Morgan fingerprint density at radius 1 is 1.36 bits per heavy atom. The van der Waals surface area contributed by atoms with E-state index in [2.05, 4.69) is 20.9 Å². The highest BCUT2D eigenvalue weighted by atomic mass is 79.9. The van der Waals surface area contributed by atoms with Gasteiger partial charge in [-0.1, -0.05) is 28.1 Å². The van der Waals surface area contributed by atoms with Gasteiger partial charge in [-0.05, 0) is 17.7 Å². The lowest BCUT2D eigenvalue weighted by atomic mass is 10.1. The monoisotopic (exact) mass is 261 g/mol. The Morgan fingerprint density at radius 3 is 2.43 bits per heavy atom. The van der Waals surface area contributed by atoms with Crippen molar-refractivity contribution in [3.63, 3.8) is 0 Å². The van der Waals surface area contributed by atoms with Gasteiger partial charge in [0.25, 0.3) is 0 Å². The van der Waals surface area contributed by atoms with E-state index in [1.807, 2.05) is 0 Å². The molecule has 0 aliphatic carbocycles. The quantitative estimate of drug-likeness (QED) is 0.468. The fourth-order valence-corrected chi connectivity index (χ4v) is 1.22. The van der Waals surface area contributed by atoms with Crippen LogP contribution in [0.1, 0.15) is 5.56 Å². The molecule has 5 heteroatoms. The summed E-state index contributed by atoms with van der Waals surface area (Å²) in [6.45, 7) is 0. The van der Waals surface area contributed by atoms with Crippen molar-refractivity contribution in [2.24, 2.45) is 4.99 Å². The first-order valence-corrected chi connectivity index (χ1v) is 4.54. The molecule has 1 aromatic carbocycles. The van der Waals surface area contributed by atoms with Crippen LogP contribution in [0.5, 0.6) is 0 Å². The Labute approximate surface area is 87.8 Å². The van der Waals surface area contributed by atoms with Crippen molar-refractivity contribution in [1.29, 1.82) is 0 Å². The molecular formula is C9H6BrF2NO. The van der Waals surface area contributed by atoms with E-state index < -0.39 is 12.5 Å². The molecule has 0 radical (unpaired) electrons. The lowest BCUT2D eigenvalue weighted by Gasteiger charge is -2.08. The SMILES string of the molecule is O=C=NC(F)(F)Cc1ccc(Br)cc1. The Morgan fingerprint density at radius 2 is 1.93 bits per heavy atom. The highest BCUT2D eigenvalue weighted by Gasteiger charge is 2.27. The van der Waals surface area contributed by atoms with Gasteiger partial charge in [0.15, 0.2) is 0 Å². The van der Waals surface area contributed by atoms with Gasteiger partial charge in [-0.25, -0.2) is 4.79 Å². The number of benzene rings is 1. The lowest BCUT2D eigenvalue weighted by Crippen LogP contribution is -2.15. The molecule has 0 amide bonds. The molecule has 0 unspecified atom stereocenters. The molecule has 0 atom stereocenters.